The molecule has 0 amide bonds. The normalized spacial score (nSPS) is 10.8. The maximum Gasteiger partial charge on any atom is 0.305 e. The first-order valence-electron chi connectivity index (χ1n) is 8.58. The van der Waals surface area contributed by atoms with Crippen molar-refractivity contribution < 1.29 is 14.3 Å². The molecule has 1 aliphatic rings. The second-order valence-corrected chi connectivity index (χ2v) is 5.72. The molecular weight excluding hydrogens is 326 g/mol. The topological polar surface area (TPSA) is 47.6 Å². The number of benzene rings is 3. The second-order valence-electron chi connectivity index (χ2n) is 5.72. The van der Waals surface area contributed by atoms with Crippen LogP contribution in [-0.2, 0) is 16.1 Å². The predicted octanol–water partition coefficient (Wildman–Crippen LogP) is 5.68. The van der Waals surface area contributed by atoms with Gasteiger partial charge in [-0.15, -0.1) is 0 Å². The standard InChI is InChI=1S/C12H9NO.C10H12O2/c1-3-7-11-9(5-1)13-10-6-2-4-8-12(10)14-11;1-2-10(11)12-8-9-6-4-3-5-7-9/h1-8,13H;3-7H,2,8H2,1H3. The number of para-hydroxylation sites is 4. The average molecular weight is 347 g/mol. The Kier molecular flexibility index (Phi) is 5.88. The smallest absolute Gasteiger partial charge is 0.305 e. The maximum atomic E-state index is 10.8. The summed E-state index contributed by atoms with van der Waals surface area (Å²) in [5.74, 6) is 1.61. The summed E-state index contributed by atoms with van der Waals surface area (Å²) in [6, 6.07) is 25.5. The van der Waals surface area contributed by atoms with Crippen LogP contribution in [0.15, 0.2) is 78.9 Å². The number of fused-ring (bicyclic) bond motifs is 2. The second kappa shape index (κ2) is 8.72. The van der Waals surface area contributed by atoms with Crippen LogP contribution in [0.5, 0.6) is 11.5 Å². The molecule has 26 heavy (non-hydrogen) atoms. The molecule has 4 heteroatoms. The van der Waals surface area contributed by atoms with Crippen LogP contribution in [-0.4, -0.2) is 5.97 Å². The molecule has 0 saturated carbocycles. The van der Waals surface area contributed by atoms with Gasteiger partial charge in [0.2, 0.25) is 0 Å². The third-order valence-corrected chi connectivity index (χ3v) is 3.79. The minimum Gasteiger partial charge on any atom is -0.461 e. The number of hydrogen-bond donors (Lipinski definition) is 1. The molecule has 1 heterocycles. The number of nitrogens with one attached hydrogen (secondary N) is 1. The number of rotatable bonds is 3. The molecule has 0 saturated heterocycles. The van der Waals surface area contributed by atoms with E-state index in [1.165, 1.54) is 0 Å². The lowest BCUT2D eigenvalue weighted by molar-refractivity contribution is -0.144. The zero-order chi connectivity index (χ0) is 18.2. The monoisotopic (exact) mass is 347 g/mol. The summed E-state index contributed by atoms with van der Waals surface area (Å²) in [5.41, 5.74) is 3.07. The SMILES string of the molecule is CCC(=O)OCc1ccccc1.c1ccc2c(c1)Nc1ccccc1O2. The van der Waals surface area contributed by atoms with Gasteiger partial charge in [-0.1, -0.05) is 61.5 Å². The fourth-order valence-electron chi connectivity index (χ4n) is 2.42. The van der Waals surface area contributed by atoms with E-state index in [0.717, 1.165) is 28.4 Å². The van der Waals surface area contributed by atoms with E-state index in [0.29, 0.717) is 13.0 Å². The van der Waals surface area contributed by atoms with Crippen molar-refractivity contribution in [3.63, 3.8) is 0 Å². The average Bonchev–Trinajstić information content (AvgIpc) is 2.71. The largest absolute Gasteiger partial charge is 0.461 e. The molecule has 0 aromatic heterocycles. The number of esters is 1. The summed E-state index contributed by atoms with van der Waals surface area (Å²) in [4.78, 5) is 10.8. The Balaban J connectivity index is 0.000000153. The van der Waals surface area contributed by atoms with Crippen LogP contribution >= 0.6 is 0 Å². The van der Waals surface area contributed by atoms with Crippen molar-refractivity contribution in [2.75, 3.05) is 5.32 Å². The minimum atomic E-state index is -0.154. The summed E-state index contributed by atoms with van der Waals surface area (Å²) >= 11 is 0. The van der Waals surface area contributed by atoms with Crippen molar-refractivity contribution in [1.29, 1.82) is 0 Å². The van der Waals surface area contributed by atoms with E-state index >= 15 is 0 Å². The molecule has 132 valence electrons. The zero-order valence-corrected chi connectivity index (χ0v) is 14.6. The Bertz CT molecular complexity index is 775. The molecule has 4 nitrogen and oxygen atoms in total. The fourth-order valence-corrected chi connectivity index (χ4v) is 2.42. The van der Waals surface area contributed by atoms with E-state index in [2.05, 4.69) is 5.32 Å². The molecule has 0 radical (unpaired) electrons. The van der Waals surface area contributed by atoms with E-state index in [1.807, 2.05) is 78.9 Å². The molecular formula is C22H21NO3. The lowest BCUT2D eigenvalue weighted by Crippen LogP contribution is -2.01. The van der Waals surface area contributed by atoms with Crippen molar-refractivity contribution in [2.45, 2.75) is 20.0 Å². The first-order valence-corrected chi connectivity index (χ1v) is 8.58. The third kappa shape index (κ3) is 4.63. The van der Waals surface area contributed by atoms with Gasteiger partial charge in [0.05, 0.1) is 11.4 Å². The zero-order valence-electron chi connectivity index (χ0n) is 14.6. The number of carbonyl (C=O) groups excluding carboxylic acids is 1. The Morgan fingerprint density at radius 1 is 0.846 bits per heavy atom. The minimum absolute atomic E-state index is 0.154. The Morgan fingerprint density at radius 3 is 1.96 bits per heavy atom. The molecule has 1 aliphatic heterocycles. The Morgan fingerprint density at radius 2 is 1.38 bits per heavy atom. The van der Waals surface area contributed by atoms with E-state index in [-0.39, 0.29) is 5.97 Å². The summed E-state index contributed by atoms with van der Waals surface area (Å²) < 4.78 is 10.7. The highest BCUT2D eigenvalue weighted by Gasteiger charge is 2.13. The van der Waals surface area contributed by atoms with Crippen LogP contribution < -0.4 is 10.1 Å². The highest BCUT2D eigenvalue weighted by Crippen LogP contribution is 2.40. The lowest BCUT2D eigenvalue weighted by atomic mass is 10.2. The van der Waals surface area contributed by atoms with Crippen LogP contribution in [0.3, 0.4) is 0 Å². The summed E-state index contributed by atoms with van der Waals surface area (Å²) in [5, 5.41) is 3.32. The number of hydrogen-bond acceptors (Lipinski definition) is 4. The number of anilines is 2. The van der Waals surface area contributed by atoms with Crippen molar-refractivity contribution in [1.82, 2.24) is 0 Å². The Hall–Kier alpha value is -3.27. The third-order valence-electron chi connectivity index (χ3n) is 3.79. The molecule has 0 unspecified atom stereocenters. The van der Waals surface area contributed by atoms with Gasteiger partial charge >= 0.3 is 5.97 Å². The molecule has 1 N–H and O–H groups in total. The van der Waals surface area contributed by atoms with Crippen LogP contribution in [0.2, 0.25) is 0 Å². The fraction of sp³-hybridized carbons (Fsp3) is 0.136. The summed E-state index contributed by atoms with van der Waals surface area (Å²) in [7, 11) is 0. The molecule has 0 bridgehead atoms. The van der Waals surface area contributed by atoms with E-state index < -0.39 is 0 Å². The van der Waals surface area contributed by atoms with Gasteiger partial charge in [0.25, 0.3) is 0 Å². The van der Waals surface area contributed by atoms with Crippen LogP contribution in [0.1, 0.15) is 18.9 Å². The predicted molar refractivity (Wildman–Crippen MR) is 103 cm³/mol. The van der Waals surface area contributed by atoms with Crippen molar-refractivity contribution in [3.8, 4) is 11.5 Å². The molecule has 3 aromatic carbocycles. The lowest BCUT2D eigenvalue weighted by Gasteiger charge is -2.20. The van der Waals surface area contributed by atoms with Crippen LogP contribution in [0.25, 0.3) is 0 Å². The Labute approximate surface area is 153 Å². The highest BCUT2D eigenvalue weighted by atomic mass is 16.5. The van der Waals surface area contributed by atoms with Gasteiger partial charge in [-0.05, 0) is 29.8 Å². The summed E-state index contributed by atoms with van der Waals surface area (Å²) in [6.45, 7) is 2.17. The van der Waals surface area contributed by atoms with Crippen molar-refractivity contribution >= 4 is 17.3 Å². The first-order chi connectivity index (χ1) is 12.8. The van der Waals surface area contributed by atoms with Crippen LogP contribution in [0.4, 0.5) is 11.4 Å². The molecule has 3 aromatic rings. The van der Waals surface area contributed by atoms with Gasteiger partial charge in [-0.25, -0.2) is 0 Å². The van der Waals surface area contributed by atoms with Crippen molar-refractivity contribution in [2.24, 2.45) is 0 Å². The van der Waals surface area contributed by atoms with E-state index in [9.17, 15) is 4.79 Å². The number of ether oxygens (including phenoxy) is 2. The van der Waals surface area contributed by atoms with Gasteiger partial charge in [-0.2, -0.15) is 0 Å². The quantitative estimate of drug-likeness (QED) is 0.485. The van der Waals surface area contributed by atoms with Gasteiger partial charge in [0, 0.05) is 6.42 Å². The molecule has 0 spiro atoms. The molecule has 0 fully saturated rings. The van der Waals surface area contributed by atoms with Gasteiger partial charge in [0.15, 0.2) is 11.5 Å². The van der Waals surface area contributed by atoms with E-state index in [1.54, 1.807) is 6.92 Å². The van der Waals surface area contributed by atoms with Crippen molar-refractivity contribution in [3.05, 3.63) is 84.4 Å². The van der Waals surface area contributed by atoms with Gasteiger partial charge < -0.3 is 14.8 Å². The first kappa shape index (κ1) is 17.5. The van der Waals surface area contributed by atoms with Crippen LogP contribution in [0, 0.1) is 0 Å². The summed E-state index contributed by atoms with van der Waals surface area (Å²) in [6.07, 6.45) is 0.437. The highest BCUT2D eigenvalue weighted by molar-refractivity contribution is 5.75. The van der Waals surface area contributed by atoms with E-state index in [4.69, 9.17) is 9.47 Å². The van der Waals surface area contributed by atoms with Gasteiger partial charge in [0.1, 0.15) is 6.61 Å². The maximum absolute atomic E-state index is 10.8. The molecule has 4 rings (SSSR count). The van der Waals surface area contributed by atoms with Gasteiger partial charge in [-0.3, -0.25) is 4.79 Å². The molecule has 0 aliphatic carbocycles. The number of carbonyl (C=O) groups is 1. The molecule has 0 atom stereocenters.